The fraction of sp³-hybridized carbons (Fsp3) is 0.529. The molecular weight excluding hydrogens is 358 g/mol. The van der Waals surface area contributed by atoms with E-state index >= 15 is 0 Å². The molecule has 0 aliphatic heterocycles. The number of ether oxygens (including phenoxy) is 1. The van der Waals surface area contributed by atoms with Gasteiger partial charge in [-0.05, 0) is 51.5 Å². The monoisotopic (exact) mass is 385 g/mol. The van der Waals surface area contributed by atoms with Gasteiger partial charge in [0.15, 0.2) is 0 Å². The molecule has 1 rings (SSSR count). The predicted molar refractivity (Wildman–Crippen MR) is 98.3 cm³/mol. The molecule has 146 valence electrons. The number of benzene rings is 1. The van der Waals surface area contributed by atoms with Crippen LogP contribution in [0.4, 0.5) is 0 Å². The number of amides is 2. The van der Waals surface area contributed by atoms with E-state index in [1.54, 1.807) is 6.92 Å². The van der Waals surface area contributed by atoms with Gasteiger partial charge in [-0.3, -0.25) is 9.59 Å². The maximum Gasteiger partial charge on any atom is 0.242 e. The normalized spacial score (nSPS) is 14.8. The van der Waals surface area contributed by atoms with Crippen LogP contribution in [-0.2, 0) is 19.6 Å². The number of rotatable bonds is 9. The minimum atomic E-state index is -3.88. The molecule has 0 spiro atoms. The lowest BCUT2D eigenvalue weighted by Gasteiger charge is -2.20. The Balaban J connectivity index is 2.68. The van der Waals surface area contributed by atoms with Crippen LogP contribution in [0, 0.1) is 0 Å². The molecular formula is C17H27N3O5S. The lowest BCUT2D eigenvalue weighted by molar-refractivity contribution is -0.129. The fourth-order valence-electron chi connectivity index (χ4n) is 1.98. The molecule has 9 heteroatoms. The number of sulfonamides is 1. The van der Waals surface area contributed by atoms with Gasteiger partial charge >= 0.3 is 0 Å². The van der Waals surface area contributed by atoms with Crippen molar-refractivity contribution in [3.63, 3.8) is 0 Å². The second-order valence-electron chi connectivity index (χ2n) is 6.07. The Hall–Kier alpha value is -2.13. The predicted octanol–water partition coefficient (Wildman–Crippen LogP) is 0.781. The molecule has 0 aliphatic rings. The van der Waals surface area contributed by atoms with Crippen LogP contribution in [0.15, 0.2) is 29.2 Å². The lowest BCUT2D eigenvalue weighted by atomic mass is 10.2. The first-order valence-corrected chi connectivity index (χ1v) is 9.86. The summed E-state index contributed by atoms with van der Waals surface area (Å²) < 4.78 is 32.0. The fourth-order valence-corrected chi connectivity index (χ4v) is 3.19. The summed E-state index contributed by atoms with van der Waals surface area (Å²) >= 11 is 0. The summed E-state index contributed by atoms with van der Waals surface area (Å²) in [5.74, 6) is -0.386. The molecule has 3 N–H and O–H groups in total. The van der Waals surface area contributed by atoms with Gasteiger partial charge in [-0.2, -0.15) is 4.72 Å². The van der Waals surface area contributed by atoms with E-state index in [0.717, 1.165) is 6.42 Å². The van der Waals surface area contributed by atoms with Gasteiger partial charge in [0, 0.05) is 6.04 Å². The number of carbonyl (C=O) groups excluding carboxylic acids is 2. The van der Waals surface area contributed by atoms with Crippen molar-refractivity contribution >= 4 is 21.8 Å². The minimum absolute atomic E-state index is 0.00662. The van der Waals surface area contributed by atoms with Crippen LogP contribution < -0.4 is 20.1 Å². The van der Waals surface area contributed by atoms with E-state index in [1.807, 2.05) is 13.8 Å². The molecule has 2 unspecified atom stereocenters. The van der Waals surface area contributed by atoms with Crippen molar-refractivity contribution in [2.45, 2.75) is 57.1 Å². The van der Waals surface area contributed by atoms with E-state index < -0.39 is 28.0 Å². The van der Waals surface area contributed by atoms with Crippen molar-refractivity contribution in [2.75, 3.05) is 7.11 Å². The van der Waals surface area contributed by atoms with Crippen LogP contribution in [-0.4, -0.2) is 45.5 Å². The highest BCUT2D eigenvalue weighted by atomic mass is 32.2. The van der Waals surface area contributed by atoms with Gasteiger partial charge < -0.3 is 15.4 Å². The minimum Gasteiger partial charge on any atom is -0.497 e. The molecule has 3 atom stereocenters. The van der Waals surface area contributed by atoms with Gasteiger partial charge in [-0.15, -0.1) is 0 Å². The van der Waals surface area contributed by atoms with Crippen molar-refractivity contribution in [1.29, 1.82) is 0 Å². The largest absolute Gasteiger partial charge is 0.497 e. The van der Waals surface area contributed by atoms with Gasteiger partial charge in [0.25, 0.3) is 0 Å². The summed E-state index contributed by atoms with van der Waals surface area (Å²) in [6.07, 6.45) is 0.768. The molecule has 2 amide bonds. The van der Waals surface area contributed by atoms with E-state index in [1.165, 1.54) is 38.3 Å². The molecule has 0 saturated carbocycles. The summed E-state index contributed by atoms with van der Waals surface area (Å²) in [5.41, 5.74) is 0. The third kappa shape index (κ3) is 6.30. The van der Waals surface area contributed by atoms with Crippen LogP contribution in [0.2, 0.25) is 0 Å². The second kappa shape index (κ2) is 9.54. The maximum atomic E-state index is 12.3. The van der Waals surface area contributed by atoms with Crippen molar-refractivity contribution in [2.24, 2.45) is 0 Å². The molecule has 1 aromatic carbocycles. The van der Waals surface area contributed by atoms with E-state index in [-0.39, 0.29) is 16.8 Å². The Morgan fingerprint density at radius 3 is 2.04 bits per heavy atom. The smallest absolute Gasteiger partial charge is 0.242 e. The number of nitrogens with one attached hydrogen (secondary N) is 3. The number of carbonyl (C=O) groups is 2. The first kappa shape index (κ1) is 21.9. The lowest BCUT2D eigenvalue weighted by Crippen LogP contribution is -2.52. The van der Waals surface area contributed by atoms with Crippen LogP contribution in [0.5, 0.6) is 5.75 Å². The number of hydrogen-bond donors (Lipinski definition) is 3. The Bertz CT molecular complexity index is 718. The summed E-state index contributed by atoms with van der Waals surface area (Å²) in [6.45, 7) is 6.75. The molecule has 0 fully saturated rings. The zero-order valence-corrected chi connectivity index (χ0v) is 16.5. The van der Waals surface area contributed by atoms with E-state index in [4.69, 9.17) is 4.74 Å². The van der Waals surface area contributed by atoms with Crippen molar-refractivity contribution in [3.8, 4) is 5.75 Å². The van der Waals surface area contributed by atoms with E-state index in [2.05, 4.69) is 15.4 Å². The second-order valence-corrected chi connectivity index (χ2v) is 7.78. The average molecular weight is 385 g/mol. The van der Waals surface area contributed by atoms with Gasteiger partial charge in [-0.1, -0.05) is 6.92 Å². The molecule has 0 heterocycles. The van der Waals surface area contributed by atoms with Crippen molar-refractivity contribution in [3.05, 3.63) is 24.3 Å². The Morgan fingerprint density at radius 1 is 1.00 bits per heavy atom. The van der Waals surface area contributed by atoms with Crippen LogP contribution in [0.3, 0.4) is 0 Å². The van der Waals surface area contributed by atoms with E-state index in [0.29, 0.717) is 5.75 Å². The summed E-state index contributed by atoms with van der Waals surface area (Å²) in [7, 11) is -2.40. The zero-order valence-electron chi connectivity index (χ0n) is 15.7. The summed E-state index contributed by atoms with van der Waals surface area (Å²) in [5, 5.41) is 5.26. The average Bonchev–Trinajstić information content (AvgIpc) is 2.60. The Kier molecular flexibility index (Phi) is 8.04. The first-order chi connectivity index (χ1) is 12.1. The molecule has 0 radical (unpaired) electrons. The molecule has 26 heavy (non-hydrogen) atoms. The number of hydrogen-bond acceptors (Lipinski definition) is 5. The molecule has 0 aliphatic carbocycles. The first-order valence-electron chi connectivity index (χ1n) is 8.37. The topological polar surface area (TPSA) is 114 Å². The third-order valence-electron chi connectivity index (χ3n) is 3.85. The number of methoxy groups -OCH3 is 1. The molecule has 0 saturated heterocycles. The van der Waals surface area contributed by atoms with E-state index in [9.17, 15) is 18.0 Å². The quantitative estimate of drug-likeness (QED) is 0.581. The third-order valence-corrected chi connectivity index (χ3v) is 5.40. The van der Waals surface area contributed by atoms with Gasteiger partial charge in [-0.25, -0.2) is 8.42 Å². The van der Waals surface area contributed by atoms with Crippen LogP contribution in [0.1, 0.15) is 34.1 Å². The molecule has 8 nitrogen and oxygen atoms in total. The van der Waals surface area contributed by atoms with Crippen LogP contribution >= 0.6 is 0 Å². The maximum absolute atomic E-state index is 12.3. The van der Waals surface area contributed by atoms with Gasteiger partial charge in [0.2, 0.25) is 21.8 Å². The van der Waals surface area contributed by atoms with Crippen LogP contribution in [0.25, 0.3) is 0 Å². The highest BCUT2D eigenvalue weighted by Crippen LogP contribution is 2.15. The summed E-state index contributed by atoms with van der Waals surface area (Å²) in [6, 6.07) is 3.97. The molecule has 0 bridgehead atoms. The summed E-state index contributed by atoms with van der Waals surface area (Å²) in [4.78, 5) is 24.2. The SMILES string of the molecule is CCC(C)NC(=O)C(C)NC(=O)[C@H](C)NS(=O)(=O)c1ccc(OC)cc1. The Labute approximate surface area is 154 Å². The van der Waals surface area contributed by atoms with Gasteiger partial charge in [0.1, 0.15) is 11.8 Å². The highest BCUT2D eigenvalue weighted by molar-refractivity contribution is 7.89. The van der Waals surface area contributed by atoms with Crippen molar-refractivity contribution in [1.82, 2.24) is 15.4 Å². The van der Waals surface area contributed by atoms with Gasteiger partial charge in [0.05, 0.1) is 18.0 Å². The highest BCUT2D eigenvalue weighted by Gasteiger charge is 2.25. The molecule has 0 aromatic heterocycles. The molecule has 1 aromatic rings. The zero-order chi connectivity index (χ0) is 19.9. The van der Waals surface area contributed by atoms with Crippen molar-refractivity contribution < 1.29 is 22.7 Å². The Morgan fingerprint density at radius 2 is 1.54 bits per heavy atom. The standard InChI is InChI=1S/C17H27N3O5S/c1-6-11(2)18-16(21)12(3)19-17(22)13(4)20-26(23,24)15-9-7-14(25-5)8-10-15/h7-13,20H,6H2,1-5H3,(H,18,21)(H,19,22)/t11?,12?,13-/m0/s1.